The minimum absolute atomic E-state index is 0.0854. The molecule has 0 radical (unpaired) electrons. The van der Waals surface area contributed by atoms with Crippen molar-refractivity contribution < 1.29 is 4.79 Å². The van der Waals surface area contributed by atoms with Crippen LogP contribution in [0.2, 0.25) is 19.6 Å². The first-order valence-electron chi connectivity index (χ1n) is 12.2. The van der Waals surface area contributed by atoms with E-state index in [4.69, 9.17) is 0 Å². The smallest absolute Gasteiger partial charge is 0.317 e. The Morgan fingerprint density at radius 2 is 1.97 bits per heavy atom. The van der Waals surface area contributed by atoms with Crippen molar-refractivity contribution in [2.24, 2.45) is 0 Å². The molecule has 2 aliphatic rings. The van der Waals surface area contributed by atoms with Crippen LogP contribution in [0, 0.1) is 0 Å². The summed E-state index contributed by atoms with van der Waals surface area (Å²) in [5.74, 6) is 0.476. The Kier molecular flexibility index (Phi) is 6.23. The van der Waals surface area contributed by atoms with Gasteiger partial charge < -0.3 is 15.2 Å². The first-order chi connectivity index (χ1) is 14.8. The number of amides is 2. The molecular formula is C25H40N4OSi. The fourth-order valence-electron chi connectivity index (χ4n) is 5.95. The lowest BCUT2D eigenvalue weighted by molar-refractivity contribution is 0.0981. The zero-order chi connectivity index (χ0) is 22.3. The van der Waals surface area contributed by atoms with Gasteiger partial charge in [-0.3, -0.25) is 4.90 Å². The number of aromatic nitrogens is 1. The lowest BCUT2D eigenvalue weighted by Crippen LogP contribution is -2.58. The molecule has 3 atom stereocenters. The van der Waals surface area contributed by atoms with Crippen molar-refractivity contribution in [1.82, 2.24) is 20.1 Å². The van der Waals surface area contributed by atoms with Gasteiger partial charge >= 0.3 is 6.03 Å². The van der Waals surface area contributed by atoms with Gasteiger partial charge in [0.05, 0.1) is 8.07 Å². The Morgan fingerprint density at radius 3 is 2.61 bits per heavy atom. The predicted octanol–water partition coefficient (Wildman–Crippen LogP) is 4.26. The number of benzene rings is 1. The number of hydrogen-bond donors (Lipinski definition) is 2. The molecule has 0 spiro atoms. The maximum absolute atomic E-state index is 12.8. The van der Waals surface area contributed by atoms with E-state index in [1.165, 1.54) is 21.8 Å². The molecule has 2 N–H and O–H groups in total. The van der Waals surface area contributed by atoms with Gasteiger partial charge in [-0.2, -0.15) is 0 Å². The molecule has 1 saturated heterocycles. The van der Waals surface area contributed by atoms with E-state index >= 15 is 0 Å². The highest BCUT2D eigenvalue weighted by Crippen LogP contribution is 2.43. The zero-order valence-corrected chi connectivity index (χ0v) is 21.2. The van der Waals surface area contributed by atoms with Crippen molar-refractivity contribution in [2.75, 3.05) is 26.2 Å². The second kappa shape index (κ2) is 8.62. The van der Waals surface area contributed by atoms with Gasteiger partial charge in [0.1, 0.15) is 0 Å². The number of fused-ring (bicyclic) bond motifs is 2. The van der Waals surface area contributed by atoms with E-state index in [-0.39, 0.29) is 12.1 Å². The number of urea groups is 1. The summed E-state index contributed by atoms with van der Waals surface area (Å²) in [4.78, 5) is 21.2. The number of H-pyrrole nitrogens is 1. The van der Waals surface area contributed by atoms with Gasteiger partial charge in [-0.25, -0.2) is 4.79 Å². The molecular weight excluding hydrogens is 400 g/mol. The van der Waals surface area contributed by atoms with E-state index in [0.29, 0.717) is 12.0 Å². The third-order valence-electron chi connectivity index (χ3n) is 7.34. The average molecular weight is 441 g/mol. The van der Waals surface area contributed by atoms with E-state index in [0.717, 1.165) is 45.4 Å². The van der Waals surface area contributed by atoms with Crippen LogP contribution in [-0.2, 0) is 6.42 Å². The first kappa shape index (κ1) is 22.4. The molecule has 2 aromatic rings. The summed E-state index contributed by atoms with van der Waals surface area (Å²) in [6.45, 7) is 17.3. The number of likely N-dealkylation sites (tertiary alicyclic amines) is 1. The number of carbonyl (C=O) groups is 1. The van der Waals surface area contributed by atoms with Crippen molar-refractivity contribution in [2.45, 2.75) is 77.7 Å². The number of nitrogens with one attached hydrogen (secondary N) is 2. The van der Waals surface area contributed by atoms with Crippen molar-refractivity contribution >= 4 is 30.3 Å². The quantitative estimate of drug-likeness (QED) is 0.660. The Labute approximate surface area is 188 Å². The van der Waals surface area contributed by atoms with E-state index in [9.17, 15) is 4.79 Å². The molecule has 1 aromatic carbocycles. The van der Waals surface area contributed by atoms with E-state index < -0.39 is 8.07 Å². The van der Waals surface area contributed by atoms with Gasteiger partial charge in [-0.05, 0) is 56.8 Å². The number of hydrogen-bond acceptors (Lipinski definition) is 2. The number of aromatic amines is 1. The van der Waals surface area contributed by atoms with Crippen molar-refractivity contribution in [3.63, 3.8) is 0 Å². The summed E-state index contributed by atoms with van der Waals surface area (Å²) in [5.41, 5.74) is 4.38. The molecule has 170 valence electrons. The summed E-state index contributed by atoms with van der Waals surface area (Å²) in [5, 5.41) is 6.38. The maximum atomic E-state index is 12.8. The fraction of sp³-hybridized carbons (Fsp3) is 0.640. The molecule has 1 fully saturated rings. The Bertz CT molecular complexity index is 943. The van der Waals surface area contributed by atoms with Gasteiger partial charge in [0.25, 0.3) is 0 Å². The van der Waals surface area contributed by atoms with Crippen LogP contribution in [0.25, 0.3) is 10.9 Å². The van der Waals surface area contributed by atoms with Gasteiger partial charge in [0.2, 0.25) is 0 Å². The molecule has 2 heterocycles. The first-order valence-corrected chi connectivity index (χ1v) is 15.7. The van der Waals surface area contributed by atoms with Crippen LogP contribution in [0.3, 0.4) is 0 Å². The highest BCUT2D eigenvalue weighted by molar-refractivity contribution is 6.88. The zero-order valence-electron chi connectivity index (χ0n) is 20.2. The SMILES string of the molecule is CCCN1C[C@@H](NC(=O)N(CC)CC)CC2c3cccc4[nH]c([Si](C)(C)C)c(c34)C[C@H]21. The predicted molar refractivity (Wildman–Crippen MR) is 133 cm³/mol. The summed E-state index contributed by atoms with van der Waals surface area (Å²) in [7, 11) is -1.46. The molecule has 31 heavy (non-hydrogen) atoms. The van der Waals surface area contributed by atoms with Crippen molar-refractivity contribution in [1.29, 1.82) is 0 Å². The highest BCUT2D eigenvalue weighted by atomic mass is 28.3. The molecule has 1 aliphatic heterocycles. The molecule has 4 rings (SSSR count). The second-order valence-electron chi connectivity index (χ2n) is 10.4. The van der Waals surface area contributed by atoms with Crippen LogP contribution in [0.15, 0.2) is 18.2 Å². The Hall–Kier alpha value is -1.79. The van der Waals surface area contributed by atoms with Crippen LogP contribution < -0.4 is 10.6 Å². The van der Waals surface area contributed by atoms with Crippen molar-refractivity contribution in [3.8, 4) is 0 Å². The average Bonchev–Trinajstić information content (AvgIpc) is 3.10. The van der Waals surface area contributed by atoms with Crippen LogP contribution in [0.4, 0.5) is 4.79 Å². The summed E-state index contributed by atoms with van der Waals surface area (Å²) in [6.07, 6.45) is 3.31. The van der Waals surface area contributed by atoms with Gasteiger partial charge in [0.15, 0.2) is 0 Å². The standard InChI is InChI=1S/C25H40N4OSi/c1-7-13-29-16-17(26-25(30)28(8-2)9-3)14-19-18-11-10-12-21-23(18)20(15-22(19)29)24(27-21)31(4,5)6/h10-12,17,19,22,27H,7-9,13-16H2,1-6H3,(H,26,30)/t17-,19?,22+/m0/s1. The van der Waals surface area contributed by atoms with Crippen LogP contribution in [0.5, 0.6) is 0 Å². The van der Waals surface area contributed by atoms with Crippen LogP contribution >= 0.6 is 0 Å². The molecule has 1 aliphatic carbocycles. The van der Waals surface area contributed by atoms with Crippen LogP contribution in [0.1, 0.15) is 50.7 Å². The minimum atomic E-state index is -1.46. The highest BCUT2D eigenvalue weighted by Gasteiger charge is 2.42. The Balaban J connectivity index is 1.71. The summed E-state index contributed by atoms with van der Waals surface area (Å²) in [6, 6.07) is 7.64. The molecule has 0 saturated carbocycles. The lowest BCUT2D eigenvalue weighted by atomic mass is 9.73. The third kappa shape index (κ3) is 4.04. The van der Waals surface area contributed by atoms with Gasteiger partial charge in [0, 0.05) is 53.9 Å². The number of rotatable bonds is 6. The van der Waals surface area contributed by atoms with E-state index in [1.54, 1.807) is 5.56 Å². The Morgan fingerprint density at radius 1 is 1.23 bits per heavy atom. The number of carbonyl (C=O) groups excluding carboxylic acids is 1. The molecule has 1 unspecified atom stereocenters. The van der Waals surface area contributed by atoms with Crippen molar-refractivity contribution in [3.05, 3.63) is 29.3 Å². The van der Waals surface area contributed by atoms with E-state index in [1.807, 2.05) is 4.90 Å². The maximum Gasteiger partial charge on any atom is 0.317 e. The molecule has 2 amide bonds. The monoisotopic (exact) mass is 440 g/mol. The minimum Gasteiger partial charge on any atom is -0.362 e. The van der Waals surface area contributed by atoms with E-state index in [2.05, 4.69) is 73.8 Å². The summed E-state index contributed by atoms with van der Waals surface area (Å²) < 4.78 is 0. The molecule has 0 bridgehead atoms. The van der Waals surface area contributed by atoms with Crippen LogP contribution in [-0.4, -0.2) is 67.2 Å². The largest absolute Gasteiger partial charge is 0.362 e. The normalized spacial score (nSPS) is 23.6. The number of piperidine rings is 1. The van der Waals surface area contributed by atoms with Gasteiger partial charge in [-0.15, -0.1) is 0 Å². The lowest BCUT2D eigenvalue weighted by Gasteiger charge is -2.47. The molecule has 6 heteroatoms. The summed E-state index contributed by atoms with van der Waals surface area (Å²) >= 11 is 0. The second-order valence-corrected chi connectivity index (χ2v) is 15.4. The van der Waals surface area contributed by atoms with Gasteiger partial charge in [-0.1, -0.05) is 38.7 Å². The fourth-order valence-corrected chi connectivity index (χ4v) is 7.59. The topological polar surface area (TPSA) is 51.4 Å². The third-order valence-corrected chi connectivity index (χ3v) is 9.27. The molecule has 5 nitrogen and oxygen atoms in total. The molecule has 1 aromatic heterocycles. The number of nitrogens with zero attached hydrogens (tertiary/aromatic N) is 2.